The van der Waals surface area contributed by atoms with Crippen molar-refractivity contribution in [2.24, 2.45) is 0 Å². The highest BCUT2D eigenvalue weighted by molar-refractivity contribution is 5.16. The molecule has 0 aromatic heterocycles. The monoisotopic (exact) mass is 264 g/mol. The molecule has 0 bridgehead atoms. The molecule has 2 rings (SSSR count). The molecule has 1 aliphatic rings. The van der Waals surface area contributed by atoms with Gasteiger partial charge in [-0.05, 0) is 76.1 Å². The average molecular weight is 264 g/mol. The third kappa shape index (κ3) is 5.70. The molecule has 0 radical (unpaired) electrons. The van der Waals surface area contributed by atoms with Crippen molar-refractivity contribution in [3.05, 3.63) is 35.6 Å². The van der Waals surface area contributed by atoms with Crippen LogP contribution in [0.5, 0.6) is 0 Å². The Morgan fingerprint density at radius 1 is 1.11 bits per heavy atom. The van der Waals surface area contributed by atoms with Crippen molar-refractivity contribution >= 4 is 0 Å². The van der Waals surface area contributed by atoms with E-state index in [-0.39, 0.29) is 5.82 Å². The average Bonchev–Trinajstić information content (AvgIpc) is 2.44. The van der Waals surface area contributed by atoms with Gasteiger partial charge in [0.1, 0.15) is 5.82 Å². The third-order valence-electron chi connectivity index (χ3n) is 3.76. The van der Waals surface area contributed by atoms with Crippen LogP contribution in [0.15, 0.2) is 24.3 Å². The summed E-state index contributed by atoms with van der Waals surface area (Å²) in [7, 11) is 0. The molecule has 1 aromatic carbocycles. The van der Waals surface area contributed by atoms with Gasteiger partial charge in [0.25, 0.3) is 0 Å². The first-order valence-electron chi connectivity index (χ1n) is 7.52. The van der Waals surface area contributed by atoms with Crippen molar-refractivity contribution in [2.75, 3.05) is 32.7 Å². The topological polar surface area (TPSA) is 15.3 Å². The van der Waals surface area contributed by atoms with Crippen LogP contribution < -0.4 is 5.32 Å². The number of nitrogens with one attached hydrogen (secondary N) is 1. The van der Waals surface area contributed by atoms with Crippen molar-refractivity contribution in [3.8, 4) is 0 Å². The largest absolute Gasteiger partial charge is 0.316 e. The lowest BCUT2D eigenvalue weighted by Crippen LogP contribution is -2.32. The molecule has 1 aliphatic heterocycles. The highest BCUT2D eigenvalue weighted by Crippen LogP contribution is 2.08. The fraction of sp³-hybridized carbons (Fsp3) is 0.625. The minimum atomic E-state index is -0.136. The van der Waals surface area contributed by atoms with Crippen molar-refractivity contribution in [3.63, 3.8) is 0 Å². The molecule has 2 nitrogen and oxygen atoms in total. The maximum absolute atomic E-state index is 13.0. The fourth-order valence-corrected chi connectivity index (χ4v) is 2.66. The molecule has 1 saturated heterocycles. The summed E-state index contributed by atoms with van der Waals surface area (Å²) in [6, 6.07) is 6.88. The van der Waals surface area contributed by atoms with E-state index in [4.69, 9.17) is 0 Å². The van der Waals surface area contributed by atoms with E-state index in [1.165, 1.54) is 51.4 Å². The van der Waals surface area contributed by atoms with E-state index in [1.807, 2.05) is 6.07 Å². The zero-order valence-electron chi connectivity index (χ0n) is 11.7. The van der Waals surface area contributed by atoms with Gasteiger partial charge in [-0.2, -0.15) is 0 Å². The maximum Gasteiger partial charge on any atom is 0.123 e. The molecule has 0 unspecified atom stereocenters. The predicted octanol–water partition coefficient (Wildman–Crippen LogP) is 2.83. The first-order chi connectivity index (χ1) is 9.34. The van der Waals surface area contributed by atoms with Crippen LogP contribution in [0, 0.1) is 5.82 Å². The molecular weight excluding hydrogens is 239 g/mol. The first kappa shape index (κ1) is 14.5. The Kier molecular flexibility index (Phi) is 6.31. The number of benzene rings is 1. The van der Waals surface area contributed by atoms with Gasteiger partial charge in [-0.25, -0.2) is 4.39 Å². The SMILES string of the molecule is Fc1cccc(CCNCCCN2CCCCC2)c1. The van der Waals surface area contributed by atoms with E-state index in [9.17, 15) is 4.39 Å². The number of halogens is 1. The van der Waals surface area contributed by atoms with Crippen molar-refractivity contribution < 1.29 is 4.39 Å². The van der Waals surface area contributed by atoms with Crippen LogP contribution in [0.3, 0.4) is 0 Å². The highest BCUT2D eigenvalue weighted by atomic mass is 19.1. The van der Waals surface area contributed by atoms with E-state index in [2.05, 4.69) is 10.2 Å². The van der Waals surface area contributed by atoms with Gasteiger partial charge in [-0.1, -0.05) is 18.6 Å². The molecule has 3 heteroatoms. The van der Waals surface area contributed by atoms with Gasteiger partial charge in [0, 0.05) is 0 Å². The summed E-state index contributed by atoms with van der Waals surface area (Å²) in [6.45, 7) is 5.77. The van der Waals surface area contributed by atoms with E-state index in [0.717, 1.165) is 25.1 Å². The van der Waals surface area contributed by atoms with Gasteiger partial charge in [0.15, 0.2) is 0 Å². The quantitative estimate of drug-likeness (QED) is 0.762. The Bertz CT molecular complexity index is 362. The lowest BCUT2D eigenvalue weighted by molar-refractivity contribution is 0.226. The summed E-state index contributed by atoms with van der Waals surface area (Å²) in [5.41, 5.74) is 1.07. The molecule has 0 saturated carbocycles. The van der Waals surface area contributed by atoms with Crippen LogP contribution in [0.2, 0.25) is 0 Å². The van der Waals surface area contributed by atoms with Crippen LogP contribution in [-0.2, 0) is 6.42 Å². The molecule has 1 fully saturated rings. The number of hydrogen-bond acceptors (Lipinski definition) is 2. The van der Waals surface area contributed by atoms with Crippen molar-refractivity contribution in [1.82, 2.24) is 10.2 Å². The van der Waals surface area contributed by atoms with Gasteiger partial charge >= 0.3 is 0 Å². The van der Waals surface area contributed by atoms with Gasteiger partial charge in [0.2, 0.25) is 0 Å². The fourth-order valence-electron chi connectivity index (χ4n) is 2.66. The minimum Gasteiger partial charge on any atom is -0.316 e. The van der Waals surface area contributed by atoms with E-state index in [1.54, 1.807) is 12.1 Å². The first-order valence-corrected chi connectivity index (χ1v) is 7.52. The Labute approximate surface area is 116 Å². The molecule has 1 N–H and O–H groups in total. The summed E-state index contributed by atoms with van der Waals surface area (Å²) < 4.78 is 13.0. The second-order valence-corrected chi connectivity index (χ2v) is 5.39. The molecule has 0 amide bonds. The van der Waals surface area contributed by atoms with Crippen LogP contribution >= 0.6 is 0 Å². The van der Waals surface area contributed by atoms with Crippen LogP contribution in [0.25, 0.3) is 0 Å². The highest BCUT2D eigenvalue weighted by Gasteiger charge is 2.08. The summed E-state index contributed by atoms with van der Waals surface area (Å²) in [6.07, 6.45) is 6.26. The Hall–Kier alpha value is -0.930. The van der Waals surface area contributed by atoms with Gasteiger partial charge in [-0.15, -0.1) is 0 Å². The Morgan fingerprint density at radius 2 is 1.95 bits per heavy atom. The van der Waals surface area contributed by atoms with Crippen molar-refractivity contribution in [1.29, 1.82) is 0 Å². The number of hydrogen-bond donors (Lipinski definition) is 1. The number of piperidine rings is 1. The molecular formula is C16H25FN2. The molecule has 106 valence electrons. The number of nitrogens with zero attached hydrogens (tertiary/aromatic N) is 1. The molecule has 1 aromatic rings. The standard InChI is InChI=1S/C16H25FN2/c17-16-7-4-6-15(14-16)8-10-18-9-5-13-19-11-2-1-3-12-19/h4,6-7,14,18H,1-3,5,8-13H2. The molecule has 0 atom stereocenters. The normalized spacial score (nSPS) is 16.7. The number of likely N-dealkylation sites (tertiary alicyclic amines) is 1. The molecule has 0 aliphatic carbocycles. The molecule has 0 spiro atoms. The lowest BCUT2D eigenvalue weighted by Gasteiger charge is -2.26. The summed E-state index contributed by atoms with van der Waals surface area (Å²) >= 11 is 0. The smallest absolute Gasteiger partial charge is 0.123 e. The Balaban J connectivity index is 1.50. The second kappa shape index (κ2) is 8.28. The minimum absolute atomic E-state index is 0.136. The van der Waals surface area contributed by atoms with Gasteiger partial charge < -0.3 is 10.2 Å². The van der Waals surface area contributed by atoms with Crippen molar-refractivity contribution in [2.45, 2.75) is 32.1 Å². The summed E-state index contributed by atoms with van der Waals surface area (Å²) in [4.78, 5) is 2.57. The van der Waals surface area contributed by atoms with Gasteiger partial charge in [-0.3, -0.25) is 0 Å². The van der Waals surface area contributed by atoms with Crippen LogP contribution in [0.4, 0.5) is 4.39 Å². The second-order valence-electron chi connectivity index (χ2n) is 5.39. The van der Waals surface area contributed by atoms with Crippen LogP contribution in [-0.4, -0.2) is 37.6 Å². The van der Waals surface area contributed by atoms with E-state index < -0.39 is 0 Å². The lowest BCUT2D eigenvalue weighted by atomic mass is 10.1. The Morgan fingerprint density at radius 3 is 2.74 bits per heavy atom. The zero-order chi connectivity index (χ0) is 13.3. The molecule has 19 heavy (non-hydrogen) atoms. The summed E-state index contributed by atoms with van der Waals surface area (Å²) in [5.74, 6) is -0.136. The third-order valence-corrected chi connectivity index (χ3v) is 3.76. The number of rotatable bonds is 7. The summed E-state index contributed by atoms with van der Waals surface area (Å²) in [5, 5.41) is 3.44. The predicted molar refractivity (Wildman–Crippen MR) is 77.9 cm³/mol. The van der Waals surface area contributed by atoms with E-state index in [0.29, 0.717) is 0 Å². The maximum atomic E-state index is 13.0. The molecule has 1 heterocycles. The van der Waals surface area contributed by atoms with E-state index >= 15 is 0 Å². The zero-order valence-corrected chi connectivity index (χ0v) is 11.7. The van der Waals surface area contributed by atoms with Crippen LogP contribution in [0.1, 0.15) is 31.2 Å². The van der Waals surface area contributed by atoms with Gasteiger partial charge in [0.05, 0.1) is 0 Å².